The Morgan fingerprint density at radius 3 is 2.48 bits per heavy atom. The number of hydrogen-bond donors (Lipinski definition) is 0. The molecule has 0 heterocycles. The van der Waals surface area contributed by atoms with E-state index in [-0.39, 0.29) is 0 Å². The van der Waals surface area contributed by atoms with Gasteiger partial charge in [0.25, 0.3) is 0 Å². The van der Waals surface area contributed by atoms with Crippen LogP contribution < -0.4 is 0 Å². The Hall–Kier alpha value is -0.260. The van der Waals surface area contributed by atoms with Crippen molar-refractivity contribution in [3.8, 4) is 0 Å². The van der Waals surface area contributed by atoms with Crippen molar-refractivity contribution in [2.24, 2.45) is 40.4 Å². The van der Waals surface area contributed by atoms with Gasteiger partial charge in [-0.15, -0.1) is 0 Å². The number of allylic oxidation sites excluding steroid dienone is 2. The minimum atomic E-state index is 0.591. The Kier molecular flexibility index (Phi) is 5.59. The van der Waals surface area contributed by atoms with Gasteiger partial charge in [0.05, 0.1) is 0 Å². The maximum Gasteiger partial charge on any atom is -0.00852 e. The minimum Gasteiger partial charge on any atom is -0.0668 e. The summed E-state index contributed by atoms with van der Waals surface area (Å²) in [5, 5.41) is 0. The Morgan fingerprint density at radius 1 is 0.889 bits per heavy atom. The Morgan fingerprint density at radius 2 is 1.70 bits per heavy atom. The van der Waals surface area contributed by atoms with Crippen LogP contribution in [0, 0.1) is 40.4 Å². The third kappa shape index (κ3) is 3.36. The molecule has 2 saturated carbocycles. The van der Waals surface area contributed by atoms with Crippen LogP contribution in [0.5, 0.6) is 0 Å². The summed E-state index contributed by atoms with van der Waals surface area (Å²) < 4.78 is 0. The first kappa shape index (κ1) is 20.0. The lowest BCUT2D eigenvalue weighted by Gasteiger charge is -2.54. The van der Waals surface area contributed by atoms with Crippen molar-refractivity contribution in [1.82, 2.24) is 0 Å². The van der Waals surface area contributed by atoms with Gasteiger partial charge in [-0.3, -0.25) is 0 Å². The number of rotatable bonds is 5. The van der Waals surface area contributed by atoms with Gasteiger partial charge < -0.3 is 0 Å². The van der Waals surface area contributed by atoms with E-state index in [1.807, 2.05) is 11.1 Å². The van der Waals surface area contributed by atoms with Gasteiger partial charge in [-0.05, 0) is 91.8 Å². The average Bonchev–Trinajstić information content (AvgIpc) is 2.98. The third-order valence-corrected chi connectivity index (χ3v) is 10.1. The SMILES string of the molecule is CC(C)CCC[C@@H](C)[C@H]1CC[C@H]2C3=C(CC[C@]12C)[C@@]1(C)CCCCC1CC3. The zero-order chi connectivity index (χ0) is 19.2. The smallest absolute Gasteiger partial charge is 0.00852 e. The molecule has 1 unspecified atom stereocenters. The van der Waals surface area contributed by atoms with E-state index in [2.05, 4.69) is 34.6 Å². The summed E-state index contributed by atoms with van der Waals surface area (Å²) in [6, 6.07) is 0. The van der Waals surface area contributed by atoms with E-state index in [0.29, 0.717) is 10.8 Å². The van der Waals surface area contributed by atoms with E-state index in [4.69, 9.17) is 0 Å². The fraction of sp³-hybridized carbons (Fsp3) is 0.926. The molecule has 4 aliphatic rings. The van der Waals surface area contributed by atoms with Crippen molar-refractivity contribution in [2.45, 2.75) is 118 Å². The Labute approximate surface area is 170 Å². The molecule has 0 heteroatoms. The molecular formula is C27H46. The first-order valence-corrected chi connectivity index (χ1v) is 12.6. The summed E-state index contributed by atoms with van der Waals surface area (Å²) in [5.74, 6) is 4.75. The molecule has 4 rings (SSSR count). The molecule has 0 nitrogen and oxygen atoms in total. The lowest BCUT2D eigenvalue weighted by Crippen LogP contribution is -2.43. The third-order valence-electron chi connectivity index (χ3n) is 10.1. The highest BCUT2D eigenvalue weighted by Gasteiger charge is 2.55. The molecule has 27 heavy (non-hydrogen) atoms. The first-order chi connectivity index (χ1) is 12.9. The molecule has 154 valence electrons. The second-order valence-corrected chi connectivity index (χ2v) is 11.9. The van der Waals surface area contributed by atoms with Crippen molar-refractivity contribution in [3.05, 3.63) is 11.1 Å². The predicted octanol–water partition coefficient (Wildman–Crippen LogP) is 8.56. The highest BCUT2D eigenvalue weighted by atomic mass is 14.6. The van der Waals surface area contributed by atoms with Crippen molar-refractivity contribution < 1.29 is 0 Å². The zero-order valence-electron chi connectivity index (χ0n) is 19.1. The summed E-state index contributed by atoms with van der Waals surface area (Å²) in [7, 11) is 0. The predicted molar refractivity (Wildman–Crippen MR) is 118 cm³/mol. The van der Waals surface area contributed by atoms with Crippen LogP contribution in [0.2, 0.25) is 0 Å². The molecule has 2 fully saturated rings. The van der Waals surface area contributed by atoms with Crippen molar-refractivity contribution in [1.29, 1.82) is 0 Å². The molecule has 0 aromatic rings. The van der Waals surface area contributed by atoms with Crippen LogP contribution in [-0.2, 0) is 0 Å². The van der Waals surface area contributed by atoms with Crippen LogP contribution in [0.1, 0.15) is 118 Å². The van der Waals surface area contributed by atoms with Crippen LogP contribution in [0.4, 0.5) is 0 Å². The molecule has 0 saturated heterocycles. The molecule has 0 aromatic heterocycles. The molecule has 6 atom stereocenters. The van der Waals surface area contributed by atoms with Crippen molar-refractivity contribution in [2.75, 3.05) is 0 Å². The summed E-state index contributed by atoms with van der Waals surface area (Å²) >= 11 is 0. The highest BCUT2D eigenvalue weighted by Crippen LogP contribution is 2.65. The van der Waals surface area contributed by atoms with E-state index < -0.39 is 0 Å². The van der Waals surface area contributed by atoms with Crippen LogP contribution in [-0.4, -0.2) is 0 Å². The highest BCUT2D eigenvalue weighted by molar-refractivity contribution is 5.34. The van der Waals surface area contributed by atoms with Crippen LogP contribution in [0.3, 0.4) is 0 Å². The lowest BCUT2D eigenvalue weighted by atomic mass is 9.50. The van der Waals surface area contributed by atoms with Gasteiger partial charge in [0.1, 0.15) is 0 Å². The largest absolute Gasteiger partial charge is 0.0668 e. The minimum absolute atomic E-state index is 0.591. The Bertz CT molecular complexity index is 569. The molecular weight excluding hydrogens is 324 g/mol. The molecule has 0 spiro atoms. The summed E-state index contributed by atoms with van der Waals surface area (Å²) in [6.07, 6.45) is 19.3. The lowest BCUT2D eigenvalue weighted by molar-refractivity contribution is 0.0659. The molecule has 0 aliphatic heterocycles. The van der Waals surface area contributed by atoms with E-state index >= 15 is 0 Å². The second kappa shape index (κ2) is 7.53. The van der Waals surface area contributed by atoms with Gasteiger partial charge >= 0.3 is 0 Å². The van der Waals surface area contributed by atoms with Crippen LogP contribution in [0.15, 0.2) is 11.1 Å². The maximum atomic E-state index is 2.72. The fourth-order valence-electron chi connectivity index (χ4n) is 8.52. The van der Waals surface area contributed by atoms with Gasteiger partial charge in [-0.25, -0.2) is 0 Å². The molecule has 0 aromatic carbocycles. The van der Waals surface area contributed by atoms with Gasteiger partial charge in [0, 0.05) is 0 Å². The molecule has 4 aliphatic carbocycles. The van der Waals surface area contributed by atoms with Crippen LogP contribution >= 0.6 is 0 Å². The van der Waals surface area contributed by atoms with Crippen molar-refractivity contribution >= 4 is 0 Å². The van der Waals surface area contributed by atoms with E-state index in [9.17, 15) is 0 Å². The molecule has 0 amide bonds. The monoisotopic (exact) mass is 370 g/mol. The molecule has 0 bridgehead atoms. The quantitative estimate of drug-likeness (QED) is 0.425. The number of hydrogen-bond acceptors (Lipinski definition) is 0. The molecule has 0 N–H and O–H groups in total. The normalized spacial score (nSPS) is 42.7. The van der Waals surface area contributed by atoms with E-state index in [0.717, 1.165) is 29.6 Å². The van der Waals surface area contributed by atoms with Crippen LogP contribution in [0.25, 0.3) is 0 Å². The average molecular weight is 371 g/mol. The number of fused-ring (bicyclic) bond motifs is 4. The van der Waals surface area contributed by atoms with Crippen molar-refractivity contribution in [3.63, 3.8) is 0 Å². The van der Waals surface area contributed by atoms with Gasteiger partial charge in [-0.1, -0.05) is 77.9 Å². The standard InChI is InChI=1S/C27H46/c1-19(2)9-8-10-20(3)23-14-15-24-22-13-12-21-11-6-7-17-26(21,4)25(22)16-18-27(23,24)5/h19-21,23-24H,6-18H2,1-5H3/t20-,21?,23-,24+,26+,27-/m1/s1. The second-order valence-electron chi connectivity index (χ2n) is 11.9. The van der Waals surface area contributed by atoms with E-state index in [1.165, 1.54) is 83.5 Å². The Balaban J connectivity index is 1.53. The summed E-state index contributed by atoms with van der Waals surface area (Å²) in [6.45, 7) is 12.8. The first-order valence-electron chi connectivity index (χ1n) is 12.6. The summed E-state index contributed by atoms with van der Waals surface area (Å²) in [4.78, 5) is 0. The topological polar surface area (TPSA) is 0 Å². The maximum absolute atomic E-state index is 2.72. The van der Waals surface area contributed by atoms with E-state index in [1.54, 1.807) is 0 Å². The van der Waals surface area contributed by atoms with Gasteiger partial charge in [0.2, 0.25) is 0 Å². The zero-order valence-corrected chi connectivity index (χ0v) is 19.1. The molecule has 0 radical (unpaired) electrons. The van der Waals surface area contributed by atoms with Gasteiger partial charge in [-0.2, -0.15) is 0 Å². The summed E-state index contributed by atoms with van der Waals surface area (Å²) in [5.41, 5.74) is 5.21. The van der Waals surface area contributed by atoms with Gasteiger partial charge in [0.15, 0.2) is 0 Å². The fourth-order valence-corrected chi connectivity index (χ4v) is 8.52.